The molecule has 0 aromatic rings. The lowest BCUT2D eigenvalue weighted by atomic mass is 10.0. The molecule has 2 nitrogen and oxygen atoms in total. The van der Waals surface area contributed by atoms with Crippen LogP contribution in [-0.2, 0) is 0 Å². The van der Waals surface area contributed by atoms with Crippen molar-refractivity contribution >= 4 is 0 Å². The minimum Gasteiger partial charge on any atom is -0.275 e. The fourth-order valence-corrected chi connectivity index (χ4v) is 6.39. The van der Waals surface area contributed by atoms with Crippen LogP contribution in [0.2, 0.25) is 0 Å². The van der Waals surface area contributed by atoms with Gasteiger partial charge in [0.25, 0.3) is 0 Å². The molecule has 160 valence electrons. The van der Waals surface area contributed by atoms with Crippen LogP contribution in [0.5, 0.6) is 0 Å². The maximum absolute atomic E-state index is 2.40. The van der Waals surface area contributed by atoms with Gasteiger partial charge in [0.1, 0.15) is 0 Å². The summed E-state index contributed by atoms with van der Waals surface area (Å²) in [6.07, 6.45) is 22.8. The number of hydrogen-bond acceptors (Lipinski definition) is 0. The van der Waals surface area contributed by atoms with Gasteiger partial charge in [-0.2, -0.15) is 0 Å². The van der Waals surface area contributed by atoms with Crippen molar-refractivity contribution in [2.45, 2.75) is 123 Å². The van der Waals surface area contributed by atoms with Gasteiger partial charge in [-0.25, -0.2) is 0 Å². The SMILES string of the molecule is CCCCCCCCC([N+]1(CCCC)CCCC1)[N+]1(CCCC)CCCC1. The normalized spacial score (nSPS) is 21.3. The highest BCUT2D eigenvalue weighted by Gasteiger charge is 2.52. The van der Waals surface area contributed by atoms with Crippen molar-refractivity contribution < 1.29 is 8.97 Å². The molecule has 27 heavy (non-hydrogen) atoms. The van der Waals surface area contributed by atoms with Crippen LogP contribution in [0.25, 0.3) is 0 Å². The standard InChI is InChI=1S/C25H52N2/c1-4-7-10-11-12-13-18-25(26(19-8-5-2)21-14-15-22-26)27(20-9-6-3)23-16-17-24-27/h25H,4-24H2,1-3H3/q+2. The molecule has 0 spiro atoms. The van der Waals surface area contributed by atoms with Crippen LogP contribution in [0.3, 0.4) is 0 Å². The number of rotatable bonds is 15. The number of quaternary nitrogens is 2. The summed E-state index contributed by atoms with van der Waals surface area (Å²) in [6.45, 7) is 16.0. The Morgan fingerprint density at radius 3 is 1.37 bits per heavy atom. The van der Waals surface area contributed by atoms with Gasteiger partial charge in [-0.3, -0.25) is 8.97 Å². The summed E-state index contributed by atoms with van der Waals surface area (Å²) in [6, 6.07) is 0. The fourth-order valence-electron chi connectivity index (χ4n) is 6.39. The molecular weight excluding hydrogens is 328 g/mol. The molecule has 0 aromatic carbocycles. The van der Waals surface area contributed by atoms with Gasteiger partial charge in [0.05, 0.1) is 45.7 Å². The van der Waals surface area contributed by atoms with Crippen LogP contribution in [0.15, 0.2) is 0 Å². The summed E-state index contributed by atoms with van der Waals surface area (Å²) in [5.41, 5.74) is 0. The highest BCUT2D eigenvalue weighted by molar-refractivity contribution is 4.66. The molecule has 2 aliphatic heterocycles. The topological polar surface area (TPSA) is 0 Å². The lowest BCUT2D eigenvalue weighted by Gasteiger charge is -2.51. The van der Waals surface area contributed by atoms with E-state index in [-0.39, 0.29) is 0 Å². The lowest BCUT2D eigenvalue weighted by molar-refractivity contribution is -1.13. The maximum atomic E-state index is 2.40. The number of hydrogen-bond donors (Lipinski definition) is 0. The molecule has 0 N–H and O–H groups in total. The molecule has 0 atom stereocenters. The van der Waals surface area contributed by atoms with Gasteiger partial charge in [0, 0.05) is 25.7 Å². The Labute approximate surface area is 171 Å². The Kier molecular flexibility index (Phi) is 10.7. The molecule has 0 saturated carbocycles. The quantitative estimate of drug-likeness (QED) is 0.214. The van der Waals surface area contributed by atoms with E-state index in [0.29, 0.717) is 0 Å². The monoisotopic (exact) mass is 380 g/mol. The Morgan fingerprint density at radius 1 is 0.519 bits per heavy atom. The fraction of sp³-hybridized carbons (Fsp3) is 1.00. The highest BCUT2D eigenvalue weighted by Crippen LogP contribution is 2.37. The van der Waals surface area contributed by atoms with Gasteiger partial charge >= 0.3 is 0 Å². The Hall–Kier alpha value is -0.0800. The van der Waals surface area contributed by atoms with Gasteiger partial charge < -0.3 is 0 Å². The highest BCUT2D eigenvalue weighted by atomic mass is 15.6. The third-order valence-corrected chi connectivity index (χ3v) is 7.91. The van der Waals surface area contributed by atoms with Crippen molar-refractivity contribution in [2.75, 3.05) is 39.3 Å². The van der Waals surface area contributed by atoms with E-state index in [9.17, 15) is 0 Å². The minimum absolute atomic E-state index is 0.930. The predicted octanol–water partition coefficient (Wildman–Crippen LogP) is 6.88. The molecule has 2 aliphatic rings. The molecule has 0 aliphatic carbocycles. The van der Waals surface area contributed by atoms with Gasteiger partial charge in [-0.15, -0.1) is 0 Å². The van der Waals surface area contributed by atoms with Crippen LogP contribution in [0.1, 0.15) is 117 Å². The van der Waals surface area contributed by atoms with E-state index in [2.05, 4.69) is 20.8 Å². The third kappa shape index (κ3) is 6.46. The summed E-state index contributed by atoms with van der Waals surface area (Å²) < 4.78 is 3.01. The summed E-state index contributed by atoms with van der Waals surface area (Å²) in [7, 11) is 0. The summed E-state index contributed by atoms with van der Waals surface area (Å²) >= 11 is 0. The molecule has 0 bridgehead atoms. The third-order valence-electron chi connectivity index (χ3n) is 7.91. The number of likely N-dealkylation sites (tertiary alicyclic amines) is 2. The van der Waals surface area contributed by atoms with E-state index < -0.39 is 0 Å². The van der Waals surface area contributed by atoms with Gasteiger partial charge in [0.2, 0.25) is 6.17 Å². The van der Waals surface area contributed by atoms with Crippen LogP contribution >= 0.6 is 0 Å². The van der Waals surface area contributed by atoms with Gasteiger partial charge in [0.15, 0.2) is 0 Å². The smallest absolute Gasteiger partial charge is 0.216 e. The molecule has 2 heteroatoms. The zero-order chi connectivity index (χ0) is 19.4. The van der Waals surface area contributed by atoms with E-state index in [4.69, 9.17) is 0 Å². The second-order valence-corrected chi connectivity index (χ2v) is 9.94. The van der Waals surface area contributed by atoms with E-state index in [1.54, 1.807) is 0 Å². The molecule has 2 saturated heterocycles. The second-order valence-electron chi connectivity index (χ2n) is 9.94. The molecule has 0 unspecified atom stereocenters. The minimum atomic E-state index is 0.930. The van der Waals surface area contributed by atoms with Crippen molar-refractivity contribution in [3.05, 3.63) is 0 Å². The Balaban J connectivity index is 2.10. The van der Waals surface area contributed by atoms with Crippen LogP contribution in [0, 0.1) is 0 Å². The van der Waals surface area contributed by atoms with E-state index in [1.807, 2.05) is 0 Å². The summed E-state index contributed by atoms with van der Waals surface area (Å²) in [5, 5.41) is 0. The molecule has 2 fully saturated rings. The molecule has 0 aromatic heterocycles. The lowest BCUT2D eigenvalue weighted by Crippen LogP contribution is -2.69. The predicted molar refractivity (Wildman–Crippen MR) is 120 cm³/mol. The average molecular weight is 381 g/mol. The van der Waals surface area contributed by atoms with Crippen molar-refractivity contribution in [3.8, 4) is 0 Å². The Bertz CT molecular complexity index is 339. The summed E-state index contributed by atoms with van der Waals surface area (Å²) in [4.78, 5) is 0. The van der Waals surface area contributed by atoms with Crippen LogP contribution < -0.4 is 0 Å². The zero-order valence-corrected chi connectivity index (χ0v) is 19.3. The first kappa shape index (κ1) is 23.2. The first-order valence-electron chi connectivity index (χ1n) is 12.9. The van der Waals surface area contributed by atoms with Gasteiger partial charge in [-0.1, -0.05) is 65.7 Å². The van der Waals surface area contributed by atoms with Crippen molar-refractivity contribution in [1.29, 1.82) is 0 Å². The van der Waals surface area contributed by atoms with Crippen molar-refractivity contribution in [1.82, 2.24) is 0 Å². The van der Waals surface area contributed by atoms with Crippen LogP contribution in [-0.4, -0.2) is 54.4 Å². The molecule has 2 rings (SSSR count). The maximum Gasteiger partial charge on any atom is 0.216 e. The van der Waals surface area contributed by atoms with E-state index >= 15 is 0 Å². The first-order valence-corrected chi connectivity index (χ1v) is 12.9. The number of unbranched alkanes of at least 4 members (excludes halogenated alkanes) is 7. The second kappa shape index (κ2) is 12.5. The van der Waals surface area contributed by atoms with E-state index in [1.165, 1.54) is 145 Å². The Morgan fingerprint density at radius 2 is 0.926 bits per heavy atom. The molecular formula is C25H52N2+2. The summed E-state index contributed by atoms with van der Waals surface area (Å²) in [5.74, 6) is 0. The van der Waals surface area contributed by atoms with Gasteiger partial charge in [-0.05, 0) is 19.3 Å². The molecule has 0 amide bonds. The van der Waals surface area contributed by atoms with E-state index in [0.717, 1.165) is 6.17 Å². The average Bonchev–Trinajstić information content (AvgIpc) is 3.35. The molecule has 0 radical (unpaired) electrons. The van der Waals surface area contributed by atoms with Crippen molar-refractivity contribution in [3.63, 3.8) is 0 Å². The zero-order valence-electron chi connectivity index (χ0n) is 19.3. The first-order chi connectivity index (χ1) is 13.2. The van der Waals surface area contributed by atoms with Crippen LogP contribution in [0.4, 0.5) is 0 Å². The largest absolute Gasteiger partial charge is 0.275 e. The van der Waals surface area contributed by atoms with Crippen molar-refractivity contribution in [2.24, 2.45) is 0 Å². The molecule has 2 heterocycles. The number of nitrogens with zero attached hydrogens (tertiary/aromatic N) is 2.